The van der Waals surface area contributed by atoms with Crippen molar-refractivity contribution in [3.8, 4) is 0 Å². The summed E-state index contributed by atoms with van der Waals surface area (Å²) in [5.74, 6) is 0. The molecular formula is H7Na3O9P3+. The van der Waals surface area contributed by atoms with E-state index < -0.39 is 23.9 Å². The van der Waals surface area contributed by atoms with Crippen LogP contribution in [0.5, 0.6) is 0 Å². The van der Waals surface area contributed by atoms with E-state index in [0.717, 1.165) is 0 Å². The molecule has 0 saturated carbocycles. The van der Waals surface area contributed by atoms with Crippen LogP contribution in [0.25, 0.3) is 0 Å². The van der Waals surface area contributed by atoms with Crippen LogP contribution in [0.3, 0.4) is 0 Å². The van der Waals surface area contributed by atoms with Crippen LogP contribution in [0, 0.1) is 0 Å². The van der Waals surface area contributed by atoms with Crippen LogP contribution in [-0.4, -0.2) is 19.6 Å². The minimum absolute atomic E-state index is 0. The van der Waals surface area contributed by atoms with Crippen LogP contribution in [0.4, 0.5) is 0 Å². The molecular weight excluding hydrogens is 306 g/mol. The first-order valence-corrected chi connectivity index (χ1v) is 6.23. The van der Waals surface area contributed by atoms with Crippen LogP contribution in [0.1, 0.15) is 4.28 Å². The minimum atomic E-state index is -5.22. The largest absolute Gasteiger partial charge is 1.00 e. The molecule has 0 rings (SSSR count). The van der Waals surface area contributed by atoms with Gasteiger partial charge in [0.15, 0.2) is 0 Å². The van der Waals surface area contributed by atoms with Gasteiger partial charge in [0.05, 0.1) is 0 Å². The van der Waals surface area contributed by atoms with Crippen LogP contribution in [0.15, 0.2) is 0 Å². The Morgan fingerprint density at radius 3 is 1.60 bits per heavy atom. The third-order valence-electron chi connectivity index (χ3n) is 0.383. The van der Waals surface area contributed by atoms with Crippen molar-refractivity contribution in [1.82, 2.24) is 0 Å². The van der Waals surface area contributed by atoms with Gasteiger partial charge in [0.2, 0.25) is 0 Å². The maximum atomic E-state index is 10.3. The van der Waals surface area contributed by atoms with Crippen molar-refractivity contribution in [2.75, 3.05) is 0 Å². The van der Waals surface area contributed by atoms with Gasteiger partial charge in [-0.15, -0.1) is 4.89 Å². The first-order chi connectivity index (χ1) is 5.12. The smallest absolute Gasteiger partial charge is 1.00 e. The van der Waals surface area contributed by atoms with Crippen molar-refractivity contribution < 1.29 is 135 Å². The summed E-state index contributed by atoms with van der Waals surface area (Å²) in [4.78, 5) is 32.1. The first kappa shape index (κ1) is 26.8. The van der Waals surface area contributed by atoms with Gasteiger partial charge in [-0.2, -0.15) is 4.31 Å². The summed E-state index contributed by atoms with van der Waals surface area (Å²) in [6.07, 6.45) is 0. The molecule has 0 aromatic rings. The Labute approximate surface area is 156 Å². The van der Waals surface area contributed by atoms with Gasteiger partial charge in [-0.05, 0) is 4.31 Å². The van der Waals surface area contributed by atoms with Gasteiger partial charge in [0, 0.05) is 4.57 Å². The topological polar surface area (TPSA) is 151 Å². The predicted octanol–water partition coefficient (Wildman–Crippen LogP) is -8.79. The van der Waals surface area contributed by atoms with Gasteiger partial charge in [-0.3, -0.25) is 4.89 Å². The Bertz CT molecular complexity index is 279. The molecule has 0 radical (unpaired) electrons. The van der Waals surface area contributed by atoms with E-state index in [4.69, 9.17) is 19.6 Å². The summed E-state index contributed by atoms with van der Waals surface area (Å²) in [5.41, 5.74) is 0. The van der Waals surface area contributed by atoms with Crippen LogP contribution < -0.4 is 88.7 Å². The quantitative estimate of drug-likeness (QED) is 0.293. The van der Waals surface area contributed by atoms with Gasteiger partial charge < -0.3 is 14.1 Å². The molecule has 0 heterocycles. The average Bonchev–Trinajstić information content (AvgIpc) is 1.48. The number of hydrogen-bond acceptors (Lipinski definition) is 5. The second kappa shape index (κ2) is 11.2. The van der Waals surface area contributed by atoms with Crippen molar-refractivity contribution >= 4 is 23.9 Å². The summed E-state index contributed by atoms with van der Waals surface area (Å²) in [5, 5.41) is 0. The van der Waals surface area contributed by atoms with Crippen LogP contribution in [-0.2, 0) is 22.3 Å². The van der Waals surface area contributed by atoms with Crippen molar-refractivity contribution in [2.45, 2.75) is 0 Å². The van der Waals surface area contributed by atoms with Crippen molar-refractivity contribution in [2.24, 2.45) is 0 Å². The zero-order valence-electron chi connectivity index (χ0n) is 11.2. The van der Waals surface area contributed by atoms with E-state index in [1.807, 2.05) is 0 Å². The Morgan fingerprint density at radius 2 is 1.40 bits per heavy atom. The van der Waals surface area contributed by atoms with E-state index in [1.165, 1.54) is 0 Å². The van der Waals surface area contributed by atoms with E-state index in [1.54, 1.807) is 0 Å². The number of rotatable bonds is 4. The Hall–Kier alpha value is 3.32. The monoisotopic (exact) mass is 313 g/mol. The molecule has 0 aliphatic rings. The van der Waals surface area contributed by atoms with Gasteiger partial charge in [0.1, 0.15) is 0 Å². The van der Waals surface area contributed by atoms with E-state index in [-0.39, 0.29) is 93.0 Å². The second-order valence-corrected chi connectivity index (χ2v) is 5.06. The van der Waals surface area contributed by atoms with Gasteiger partial charge in [-0.1, -0.05) is 0 Å². The van der Waals surface area contributed by atoms with E-state index in [0.29, 0.717) is 0 Å². The van der Waals surface area contributed by atoms with Gasteiger partial charge >= 0.3 is 113 Å². The summed E-state index contributed by atoms with van der Waals surface area (Å²) < 4.78 is 36.4. The standard InChI is InChI=1S/3Na.H3O9P3.3H/c;;;1-10(2)8-12(6,7)9-11(3,4)5;;;/h;;;(H3-,1,2,3,4,5,6,7);;;/q3*+1;;3*-1/p+1. The predicted molar refractivity (Wildman–Crippen MR) is 37.2 cm³/mol. The minimum Gasteiger partial charge on any atom is -1.00 e. The fourth-order valence-corrected chi connectivity index (χ4v) is 2.41. The summed E-state index contributed by atoms with van der Waals surface area (Å²) in [6.45, 7) is 0. The molecule has 9 nitrogen and oxygen atoms in total. The molecule has 15 heteroatoms. The second-order valence-electron chi connectivity index (χ2n) is 1.36. The van der Waals surface area contributed by atoms with E-state index in [2.05, 4.69) is 8.62 Å². The molecule has 0 aromatic carbocycles. The fraction of sp³-hybridized carbons (Fsp3) is 0. The fourth-order valence-electron chi connectivity index (χ4n) is 0.238. The van der Waals surface area contributed by atoms with Crippen molar-refractivity contribution in [3.05, 3.63) is 0 Å². The van der Waals surface area contributed by atoms with Gasteiger partial charge in [0.25, 0.3) is 0 Å². The summed E-state index contributed by atoms with van der Waals surface area (Å²) in [7, 11) is -13.9. The summed E-state index contributed by atoms with van der Waals surface area (Å²) in [6, 6.07) is 0. The zero-order valence-corrected chi connectivity index (χ0v) is 16.9. The van der Waals surface area contributed by atoms with Crippen molar-refractivity contribution in [1.29, 1.82) is 0 Å². The third kappa shape index (κ3) is 19.8. The first-order valence-electron chi connectivity index (χ1n) is 2.08. The van der Waals surface area contributed by atoms with Gasteiger partial charge in [-0.25, -0.2) is 9.13 Å². The normalized spacial score (nSPS) is 14.8. The molecule has 0 aliphatic carbocycles. The Kier molecular flexibility index (Phi) is 20.0. The molecule has 15 heavy (non-hydrogen) atoms. The molecule has 2 atom stereocenters. The zero-order chi connectivity index (χ0) is 9.99. The molecule has 4 N–H and O–H groups in total. The van der Waals surface area contributed by atoms with Crippen molar-refractivity contribution in [3.63, 3.8) is 0 Å². The van der Waals surface area contributed by atoms with Crippen LogP contribution >= 0.6 is 23.9 Å². The Morgan fingerprint density at radius 1 is 1.07 bits per heavy atom. The molecule has 0 aromatic heterocycles. The molecule has 2 unspecified atom stereocenters. The summed E-state index contributed by atoms with van der Waals surface area (Å²) >= 11 is 0. The maximum absolute atomic E-state index is 10.3. The van der Waals surface area contributed by atoms with Crippen LogP contribution in [0.2, 0.25) is 0 Å². The maximum Gasteiger partial charge on any atom is 1.00 e. The molecule has 0 saturated heterocycles. The van der Waals surface area contributed by atoms with E-state index >= 15 is 0 Å². The molecule has 0 amide bonds. The molecule has 0 bridgehead atoms. The molecule has 0 spiro atoms. The number of hydrogen-bond donors (Lipinski definition) is 4. The Balaban J connectivity index is -0.0000000403. The SMILES string of the molecule is O=[P+](O)OP(=O)(O)OP(=O)(O)O.[H-].[H-].[H-].[Na+].[Na+].[Na+]. The molecule has 0 fully saturated rings. The average molecular weight is 313 g/mol. The van der Waals surface area contributed by atoms with E-state index in [9.17, 15) is 13.7 Å². The molecule has 78 valence electrons. The third-order valence-corrected chi connectivity index (χ3v) is 3.44. The number of phosphoric acid groups is 2. The molecule has 0 aliphatic heterocycles.